The van der Waals surface area contributed by atoms with E-state index in [1.165, 1.54) is 10.4 Å². The van der Waals surface area contributed by atoms with Crippen molar-refractivity contribution >= 4 is 24.4 Å². The normalized spacial score (nSPS) is 31.6. The number of fused-ring (bicyclic) bond motifs is 2. The average Bonchev–Trinajstić information content (AvgIpc) is 3.16. The van der Waals surface area contributed by atoms with Crippen molar-refractivity contribution in [3.05, 3.63) is 60.7 Å². The molecular weight excluding hydrogens is 442 g/mol. The van der Waals surface area contributed by atoms with Gasteiger partial charge in [0.25, 0.3) is 8.32 Å². The first-order valence-electron chi connectivity index (χ1n) is 12.5. The van der Waals surface area contributed by atoms with Crippen LogP contribution in [0.2, 0.25) is 5.04 Å². The van der Waals surface area contributed by atoms with E-state index < -0.39 is 14.1 Å². The monoisotopic (exact) mass is 479 g/mol. The Labute approximate surface area is 204 Å². The Kier molecular flexibility index (Phi) is 6.00. The molecule has 2 aromatic carbocycles. The summed E-state index contributed by atoms with van der Waals surface area (Å²) in [5.41, 5.74) is 0.856. The highest BCUT2D eigenvalue weighted by Gasteiger charge is 2.60. The highest BCUT2D eigenvalue weighted by Crippen LogP contribution is 2.52. The van der Waals surface area contributed by atoms with Crippen molar-refractivity contribution < 1.29 is 19.1 Å². The van der Waals surface area contributed by atoms with Crippen LogP contribution < -0.4 is 10.4 Å². The summed E-state index contributed by atoms with van der Waals surface area (Å²) in [6, 6.07) is 21.6. The topological polar surface area (TPSA) is 60.3 Å². The lowest BCUT2D eigenvalue weighted by Gasteiger charge is -2.50. The van der Waals surface area contributed by atoms with E-state index in [0.717, 1.165) is 18.6 Å². The molecule has 2 aromatic rings. The minimum Gasteiger partial charge on any atom is -0.411 e. The first kappa shape index (κ1) is 23.7. The van der Waals surface area contributed by atoms with Gasteiger partial charge in [0.2, 0.25) is 0 Å². The quantitative estimate of drug-likeness (QED) is 0.388. The minimum absolute atomic E-state index is 0.0204. The molecule has 5 nitrogen and oxygen atoms in total. The summed E-state index contributed by atoms with van der Waals surface area (Å²) in [5.74, 6) is 0.0242. The first-order chi connectivity index (χ1) is 16.2. The molecule has 0 radical (unpaired) electrons. The van der Waals surface area contributed by atoms with E-state index in [0.29, 0.717) is 12.5 Å². The molecule has 0 spiro atoms. The maximum Gasteiger partial charge on any atom is 0.261 e. The second kappa shape index (κ2) is 8.59. The van der Waals surface area contributed by atoms with E-state index in [4.69, 9.17) is 13.9 Å². The molecule has 6 heteroatoms. The van der Waals surface area contributed by atoms with Gasteiger partial charge in [0, 0.05) is 12.5 Å². The number of benzene rings is 2. The van der Waals surface area contributed by atoms with Crippen LogP contribution in [0, 0.1) is 17.8 Å². The Morgan fingerprint density at radius 2 is 1.53 bits per heavy atom. The number of nitrogens with zero attached hydrogens (tertiary/aromatic N) is 1. The van der Waals surface area contributed by atoms with Gasteiger partial charge in [0.1, 0.15) is 0 Å². The van der Waals surface area contributed by atoms with Gasteiger partial charge in [-0.25, -0.2) is 0 Å². The van der Waals surface area contributed by atoms with Crippen LogP contribution >= 0.6 is 0 Å². The third-order valence-electron chi connectivity index (χ3n) is 8.08. The van der Waals surface area contributed by atoms with Gasteiger partial charge in [-0.15, -0.1) is 0 Å². The predicted molar refractivity (Wildman–Crippen MR) is 136 cm³/mol. The highest BCUT2D eigenvalue weighted by atomic mass is 28.4. The minimum atomic E-state index is -2.60. The molecule has 4 fully saturated rings. The number of ether oxygens (including phenoxy) is 2. The Hall–Kier alpha value is -1.99. The van der Waals surface area contributed by atoms with Crippen molar-refractivity contribution in [3.8, 4) is 0 Å². The Bertz CT molecular complexity index is 994. The second-order valence-electron chi connectivity index (χ2n) is 11.6. The van der Waals surface area contributed by atoms with Gasteiger partial charge in [-0.3, -0.25) is 0 Å². The van der Waals surface area contributed by atoms with Crippen LogP contribution in [0.3, 0.4) is 0 Å². The number of rotatable bonds is 5. The van der Waals surface area contributed by atoms with Crippen molar-refractivity contribution in [2.24, 2.45) is 22.9 Å². The van der Waals surface area contributed by atoms with E-state index in [1.807, 2.05) is 13.8 Å². The van der Waals surface area contributed by atoms with E-state index >= 15 is 0 Å². The highest BCUT2D eigenvalue weighted by molar-refractivity contribution is 6.99. The third kappa shape index (κ3) is 3.85. The SMILES string of the molecule is CC1(C)O[C@H]2[C@H]3C/C(=N/O)[C@H](C[C@@H]3CO[Si](c3ccccc3)(c3ccccc3)C(C)(C)C)[C@H]2O1. The molecule has 1 aliphatic heterocycles. The molecule has 3 saturated carbocycles. The zero-order valence-electron chi connectivity index (χ0n) is 20.9. The molecule has 0 aromatic heterocycles. The largest absolute Gasteiger partial charge is 0.411 e. The number of hydrogen-bond donors (Lipinski definition) is 1. The lowest BCUT2D eigenvalue weighted by atomic mass is 9.61. The molecule has 182 valence electrons. The molecular formula is C28H37NO4Si. The van der Waals surface area contributed by atoms with Gasteiger partial charge < -0.3 is 19.1 Å². The van der Waals surface area contributed by atoms with E-state index in [1.54, 1.807) is 0 Å². The summed E-state index contributed by atoms with van der Waals surface area (Å²) in [6.07, 6.45) is 1.63. The molecule has 5 atom stereocenters. The second-order valence-corrected chi connectivity index (χ2v) is 15.9. The zero-order valence-corrected chi connectivity index (χ0v) is 21.9. The van der Waals surface area contributed by atoms with Gasteiger partial charge in [0.15, 0.2) is 5.79 Å². The molecule has 1 heterocycles. The van der Waals surface area contributed by atoms with Crippen LogP contribution in [-0.2, 0) is 13.9 Å². The summed E-state index contributed by atoms with van der Waals surface area (Å²) < 4.78 is 19.9. The standard InChI is InChI=1S/C28H37NO4Si/c1-27(2,3)34(20-12-8-6-9-13-20,21-14-10-7-11-15-21)31-18-19-16-23-24(29-30)17-22(19)25-26(23)33-28(4,5)32-25/h6-15,19,22-23,25-26,30H,16-18H2,1-5H3/b29-24-/t19-,22+,23+,25+,26-/m1/s1. The summed E-state index contributed by atoms with van der Waals surface area (Å²) in [5, 5.41) is 15.9. The van der Waals surface area contributed by atoms with Crippen LogP contribution in [0.15, 0.2) is 65.8 Å². The van der Waals surface area contributed by atoms with E-state index in [-0.39, 0.29) is 29.1 Å². The van der Waals surface area contributed by atoms with Gasteiger partial charge in [-0.1, -0.05) is 86.6 Å². The molecule has 6 rings (SSSR count). The fourth-order valence-corrected chi connectivity index (χ4v) is 11.3. The molecule has 3 aliphatic carbocycles. The van der Waals surface area contributed by atoms with Crippen molar-refractivity contribution in [1.82, 2.24) is 0 Å². The van der Waals surface area contributed by atoms with Crippen LogP contribution in [-0.4, -0.2) is 43.8 Å². The van der Waals surface area contributed by atoms with Gasteiger partial charge in [-0.05, 0) is 53.9 Å². The molecule has 34 heavy (non-hydrogen) atoms. The summed E-state index contributed by atoms with van der Waals surface area (Å²) in [4.78, 5) is 0. The van der Waals surface area contributed by atoms with Crippen LogP contribution in [0.25, 0.3) is 0 Å². The molecule has 0 amide bonds. The molecule has 4 aliphatic rings. The molecule has 0 unspecified atom stereocenters. The predicted octanol–water partition coefficient (Wildman–Crippen LogP) is 4.57. The van der Waals surface area contributed by atoms with Crippen molar-refractivity contribution in [2.45, 2.75) is 70.5 Å². The Morgan fingerprint density at radius 1 is 0.971 bits per heavy atom. The van der Waals surface area contributed by atoms with Crippen LogP contribution in [0.5, 0.6) is 0 Å². The molecule has 1 saturated heterocycles. The maximum atomic E-state index is 9.68. The fourth-order valence-electron chi connectivity index (χ4n) is 6.66. The lowest BCUT2D eigenvalue weighted by molar-refractivity contribution is -0.149. The molecule has 2 bridgehead atoms. The van der Waals surface area contributed by atoms with Crippen LogP contribution in [0.1, 0.15) is 47.5 Å². The zero-order chi connectivity index (χ0) is 24.1. The van der Waals surface area contributed by atoms with Crippen LogP contribution in [0.4, 0.5) is 0 Å². The van der Waals surface area contributed by atoms with Crippen molar-refractivity contribution in [3.63, 3.8) is 0 Å². The molecule has 1 N–H and O–H groups in total. The van der Waals surface area contributed by atoms with Gasteiger partial charge >= 0.3 is 0 Å². The number of oxime groups is 1. The maximum absolute atomic E-state index is 9.68. The van der Waals surface area contributed by atoms with Crippen molar-refractivity contribution in [1.29, 1.82) is 0 Å². The Balaban J connectivity index is 1.49. The summed E-state index contributed by atoms with van der Waals surface area (Å²) in [6.45, 7) is 11.6. The third-order valence-corrected chi connectivity index (χ3v) is 13.1. The Morgan fingerprint density at radius 3 is 2.06 bits per heavy atom. The fraction of sp³-hybridized carbons (Fsp3) is 0.536. The lowest BCUT2D eigenvalue weighted by Crippen LogP contribution is -2.67. The van der Waals surface area contributed by atoms with E-state index in [2.05, 4.69) is 86.6 Å². The van der Waals surface area contributed by atoms with Gasteiger partial charge in [-0.2, -0.15) is 0 Å². The first-order valence-corrected chi connectivity index (χ1v) is 14.4. The number of hydrogen-bond acceptors (Lipinski definition) is 5. The summed E-state index contributed by atoms with van der Waals surface area (Å²) >= 11 is 0. The van der Waals surface area contributed by atoms with Gasteiger partial charge in [0.05, 0.1) is 17.9 Å². The van der Waals surface area contributed by atoms with E-state index in [9.17, 15) is 5.21 Å². The smallest absolute Gasteiger partial charge is 0.261 e. The summed E-state index contributed by atoms with van der Waals surface area (Å²) in [7, 11) is -2.60. The average molecular weight is 480 g/mol. The van der Waals surface area contributed by atoms with Crippen molar-refractivity contribution in [2.75, 3.05) is 6.61 Å².